The number of aliphatic hydroxyl groups excluding tert-OH is 1. The minimum Gasteiger partial charge on any atom is -0.507 e. The first-order chi connectivity index (χ1) is 18.1. The van der Waals surface area contributed by atoms with E-state index in [2.05, 4.69) is 13.8 Å². The van der Waals surface area contributed by atoms with E-state index >= 15 is 0 Å². The second-order valence-electron chi connectivity index (χ2n) is 10.1. The van der Waals surface area contributed by atoms with Gasteiger partial charge in [0.15, 0.2) is 0 Å². The van der Waals surface area contributed by atoms with Crippen LogP contribution in [0.2, 0.25) is 0 Å². The van der Waals surface area contributed by atoms with Crippen molar-refractivity contribution in [2.75, 3.05) is 11.5 Å². The molecule has 3 aromatic rings. The summed E-state index contributed by atoms with van der Waals surface area (Å²) in [6, 6.07) is 19.4. The monoisotopic (exact) mass is 513 g/mol. The Morgan fingerprint density at radius 3 is 2.16 bits per heavy atom. The molecular weight excluding hydrogens is 478 g/mol. The van der Waals surface area contributed by atoms with Crippen LogP contribution in [0.15, 0.2) is 72.3 Å². The third kappa shape index (κ3) is 5.30. The third-order valence-electron chi connectivity index (χ3n) is 6.60. The van der Waals surface area contributed by atoms with Crippen LogP contribution in [0.4, 0.5) is 5.69 Å². The Hall–Kier alpha value is -4.06. The van der Waals surface area contributed by atoms with Crippen LogP contribution in [0.3, 0.4) is 0 Å². The predicted molar refractivity (Wildman–Crippen MR) is 150 cm³/mol. The topological polar surface area (TPSA) is 76.1 Å². The van der Waals surface area contributed by atoms with Crippen LogP contribution >= 0.6 is 0 Å². The average Bonchev–Trinajstić information content (AvgIpc) is 3.15. The molecule has 1 atom stereocenters. The lowest BCUT2D eigenvalue weighted by Crippen LogP contribution is -2.29. The van der Waals surface area contributed by atoms with Crippen LogP contribution in [-0.4, -0.2) is 29.5 Å². The first kappa shape index (κ1) is 27.0. The zero-order valence-corrected chi connectivity index (χ0v) is 22.8. The molecule has 198 valence electrons. The molecule has 38 heavy (non-hydrogen) atoms. The molecular formula is C32H35NO5. The lowest BCUT2D eigenvalue weighted by molar-refractivity contribution is -0.132. The van der Waals surface area contributed by atoms with E-state index in [1.165, 1.54) is 4.90 Å². The quantitative estimate of drug-likeness (QED) is 0.201. The van der Waals surface area contributed by atoms with Crippen molar-refractivity contribution in [3.05, 3.63) is 94.6 Å². The van der Waals surface area contributed by atoms with Gasteiger partial charge in [-0.05, 0) is 92.8 Å². The zero-order chi connectivity index (χ0) is 27.6. The summed E-state index contributed by atoms with van der Waals surface area (Å²) in [4.78, 5) is 28.4. The summed E-state index contributed by atoms with van der Waals surface area (Å²) in [7, 11) is 0. The van der Waals surface area contributed by atoms with Gasteiger partial charge in [0.05, 0.1) is 24.3 Å². The average molecular weight is 514 g/mol. The number of Topliss-reactive ketones (excluding diaryl/α,β-unsaturated/α-hetero) is 1. The molecule has 1 aliphatic rings. The molecule has 1 saturated heterocycles. The van der Waals surface area contributed by atoms with Crippen molar-refractivity contribution in [1.82, 2.24) is 0 Å². The highest BCUT2D eigenvalue weighted by atomic mass is 16.5. The van der Waals surface area contributed by atoms with Crippen LogP contribution in [0, 0.1) is 6.92 Å². The second-order valence-corrected chi connectivity index (χ2v) is 10.1. The van der Waals surface area contributed by atoms with Crippen LogP contribution in [0.5, 0.6) is 11.5 Å². The Labute approximate surface area is 224 Å². The van der Waals surface area contributed by atoms with Gasteiger partial charge in [-0.15, -0.1) is 0 Å². The maximum Gasteiger partial charge on any atom is 0.300 e. The number of benzene rings is 3. The second kappa shape index (κ2) is 11.1. The number of amides is 1. The van der Waals surface area contributed by atoms with Gasteiger partial charge in [-0.3, -0.25) is 14.5 Å². The number of aryl methyl sites for hydroxylation is 1. The number of carbonyl (C=O) groups excluding carboxylic acids is 2. The van der Waals surface area contributed by atoms with Gasteiger partial charge >= 0.3 is 0 Å². The number of anilines is 1. The molecule has 1 heterocycles. The smallest absolute Gasteiger partial charge is 0.300 e. The molecule has 0 saturated carbocycles. The molecule has 1 amide bonds. The maximum absolute atomic E-state index is 13.5. The van der Waals surface area contributed by atoms with Crippen LogP contribution < -0.4 is 14.4 Å². The highest BCUT2D eigenvalue weighted by Gasteiger charge is 2.47. The molecule has 4 rings (SSSR count). The number of aliphatic hydroxyl groups is 1. The van der Waals surface area contributed by atoms with Crippen molar-refractivity contribution in [2.24, 2.45) is 0 Å². The van der Waals surface area contributed by atoms with Crippen LogP contribution in [0.1, 0.15) is 68.8 Å². The summed E-state index contributed by atoms with van der Waals surface area (Å²) in [5.41, 5.74) is 3.72. The van der Waals surface area contributed by atoms with Gasteiger partial charge in [-0.2, -0.15) is 0 Å². The van der Waals surface area contributed by atoms with Crippen LogP contribution in [0.25, 0.3) is 5.76 Å². The Morgan fingerprint density at radius 2 is 1.61 bits per heavy atom. The van der Waals surface area contributed by atoms with Crippen molar-refractivity contribution < 1.29 is 24.2 Å². The van der Waals surface area contributed by atoms with E-state index in [9.17, 15) is 14.7 Å². The molecule has 1 fully saturated rings. The highest BCUT2D eigenvalue weighted by molar-refractivity contribution is 6.51. The number of hydrogen-bond acceptors (Lipinski definition) is 5. The number of hydrogen-bond donors (Lipinski definition) is 1. The molecule has 0 spiro atoms. The van der Waals surface area contributed by atoms with Crippen molar-refractivity contribution in [3.8, 4) is 11.5 Å². The maximum atomic E-state index is 13.5. The fourth-order valence-electron chi connectivity index (χ4n) is 4.69. The molecule has 0 bridgehead atoms. The van der Waals surface area contributed by atoms with E-state index in [0.29, 0.717) is 40.8 Å². The Bertz CT molecular complexity index is 1350. The lowest BCUT2D eigenvalue weighted by atomic mass is 9.94. The van der Waals surface area contributed by atoms with E-state index in [4.69, 9.17) is 9.47 Å². The number of ether oxygens (including phenoxy) is 2. The van der Waals surface area contributed by atoms with Crippen molar-refractivity contribution >= 4 is 23.1 Å². The number of ketones is 1. The summed E-state index contributed by atoms with van der Waals surface area (Å²) >= 11 is 0. The summed E-state index contributed by atoms with van der Waals surface area (Å²) in [6.07, 6.45) is 0.000199. The van der Waals surface area contributed by atoms with Gasteiger partial charge in [-0.25, -0.2) is 0 Å². The lowest BCUT2D eigenvalue weighted by Gasteiger charge is -2.26. The van der Waals surface area contributed by atoms with Gasteiger partial charge in [0, 0.05) is 11.3 Å². The van der Waals surface area contributed by atoms with Gasteiger partial charge < -0.3 is 14.6 Å². The molecule has 6 nitrogen and oxygen atoms in total. The van der Waals surface area contributed by atoms with Crippen molar-refractivity contribution in [3.63, 3.8) is 0 Å². The predicted octanol–water partition coefficient (Wildman–Crippen LogP) is 6.93. The normalized spacial score (nSPS) is 16.9. The first-order valence-corrected chi connectivity index (χ1v) is 13.0. The minimum absolute atomic E-state index is 0.000199. The van der Waals surface area contributed by atoms with Gasteiger partial charge in [-0.1, -0.05) is 38.1 Å². The highest BCUT2D eigenvalue weighted by Crippen LogP contribution is 2.43. The molecule has 0 aromatic heterocycles. The van der Waals surface area contributed by atoms with Crippen molar-refractivity contribution in [2.45, 2.75) is 59.6 Å². The summed E-state index contributed by atoms with van der Waals surface area (Å²) in [5.74, 6) is 0.0832. The molecule has 3 aromatic carbocycles. The summed E-state index contributed by atoms with van der Waals surface area (Å²) < 4.78 is 11.4. The van der Waals surface area contributed by atoms with E-state index in [1.54, 1.807) is 18.2 Å². The summed E-state index contributed by atoms with van der Waals surface area (Å²) in [6.45, 7) is 12.4. The van der Waals surface area contributed by atoms with E-state index in [1.807, 2.05) is 76.2 Å². The van der Waals surface area contributed by atoms with Crippen molar-refractivity contribution in [1.29, 1.82) is 0 Å². The van der Waals surface area contributed by atoms with Crippen LogP contribution in [-0.2, 0) is 9.59 Å². The SMILES string of the molecule is CCOc1ccc(C2/C(=C(/O)c3ccc(OC(C)C)c(C)c3)C(=O)C(=O)N2c2ccc(C(C)C)cc2)cc1. The molecule has 6 heteroatoms. The first-order valence-electron chi connectivity index (χ1n) is 13.0. The fraction of sp³-hybridized carbons (Fsp3) is 0.312. The number of nitrogens with zero attached hydrogens (tertiary/aromatic N) is 1. The van der Waals surface area contributed by atoms with E-state index in [-0.39, 0.29) is 17.4 Å². The standard InChI is InChI=1S/C32H35NO5/c1-7-37-26-15-10-23(11-16-26)29-28(30(34)24-12-17-27(21(6)18-24)38-20(4)5)31(35)32(36)33(29)25-13-8-22(9-14-25)19(2)3/h8-20,29,34H,7H2,1-6H3/b30-28-. The molecule has 0 aliphatic carbocycles. The third-order valence-corrected chi connectivity index (χ3v) is 6.60. The Morgan fingerprint density at radius 1 is 0.947 bits per heavy atom. The van der Waals surface area contributed by atoms with E-state index in [0.717, 1.165) is 11.1 Å². The largest absolute Gasteiger partial charge is 0.507 e. The van der Waals surface area contributed by atoms with Gasteiger partial charge in [0.25, 0.3) is 11.7 Å². The van der Waals surface area contributed by atoms with E-state index < -0.39 is 17.7 Å². The Balaban J connectivity index is 1.86. The minimum atomic E-state index is -0.803. The summed E-state index contributed by atoms with van der Waals surface area (Å²) in [5, 5.41) is 11.5. The molecule has 1 N–H and O–H groups in total. The molecule has 0 radical (unpaired) electrons. The Kier molecular flexibility index (Phi) is 7.91. The number of rotatable bonds is 8. The molecule has 1 aliphatic heterocycles. The van der Waals surface area contributed by atoms with Gasteiger partial charge in [0.1, 0.15) is 17.3 Å². The van der Waals surface area contributed by atoms with Gasteiger partial charge in [0.2, 0.25) is 0 Å². The molecule has 1 unspecified atom stereocenters. The number of carbonyl (C=O) groups is 2. The zero-order valence-electron chi connectivity index (χ0n) is 22.8. The fourth-order valence-corrected chi connectivity index (χ4v) is 4.69.